The van der Waals surface area contributed by atoms with Crippen molar-refractivity contribution in [1.82, 2.24) is 9.97 Å². The Morgan fingerprint density at radius 1 is 1.11 bits per heavy atom. The van der Waals surface area contributed by atoms with Gasteiger partial charge in [-0.15, -0.1) is 0 Å². The maximum atomic E-state index is 13.7. The molecule has 0 fully saturated rings. The van der Waals surface area contributed by atoms with Crippen molar-refractivity contribution >= 4 is 46.9 Å². The van der Waals surface area contributed by atoms with Crippen LogP contribution >= 0.6 is 0 Å². The topological polar surface area (TPSA) is 141 Å². The minimum atomic E-state index is -4.75. The molecule has 36 heavy (non-hydrogen) atoms. The van der Waals surface area contributed by atoms with Gasteiger partial charge in [0.25, 0.3) is 0 Å². The number of halogens is 3. The Hall–Kier alpha value is -4.74. The van der Waals surface area contributed by atoms with Crippen molar-refractivity contribution in [2.75, 3.05) is 16.0 Å². The number of aryl methyl sites for hydroxylation is 2. The molecule has 2 aromatic carbocycles. The van der Waals surface area contributed by atoms with Gasteiger partial charge in [0.1, 0.15) is 11.4 Å². The molecule has 1 aromatic heterocycles. The Labute approximate surface area is 204 Å². The molecule has 9 nitrogen and oxygen atoms in total. The van der Waals surface area contributed by atoms with Crippen LogP contribution in [-0.4, -0.2) is 28.0 Å². The number of amides is 1. The maximum absolute atomic E-state index is 13.7. The average Bonchev–Trinajstić information content (AvgIpc) is 2.81. The first kappa shape index (κ1) is 25.9. The van der Waals surface area contributed by atoms with Gasteiger partial charge in [0.15, 0.2) is 5.84 Å². The number of aromatic nitrogens is 2. The molecular formula is C24H23F3N8O. The molecule has 6 N–H and O–H groups in total. The van der Waals surface area contributed by atoms with Crippen LogP contribution in [0.2, 0.25) is 0 Å². The molecule has 0 saturated carbocycles. The van der Waals surface area contributed by atoms with Gasteiger partial charge in [-0.05, 0) is 49.2 Å². The standard InChI is InChI=1S/C24H23F3N8O/c1-4-20(36)32-19-9-13(2)5-8-17(19)33-22-16(24(25,26)27)11-30-23(35-22)34-18-10-15(7-6-14(18)3)21(29)31-12-28/h4-12H,1H2,2-3H3,(H,32,36)(H3,28,29,31)(H2,30,33,34,35). The van der Waals surface area contributed by atoms with E-state index in [0.717, 1.165) is 23.5 Å². The molecule has 12 heteroatoms. The highest BCUT2D eigenvalue weighted by atomic mass is 19.4. The van der Waals surface area contributed by atoms with Gasteiger partial charge in [0.2, 0.25) is 11.9 Å². The molecule has 0 atom stereocenters. The van der Waals surface area contributed by atoms with E-state index in [9.17, 15) is 18.0 Å². The summed E-state index contributed by atoms with van der Waals surface area (Å²) < 4.78 is 41.2. The molecule has 1 heterocycles. The van der Waals surface area contributed by atoms with Gasteiger partial charge in [-0.25, -0.2) is 9.98 Å². The third-order valence-electron chi connectivity index (χ3n) is 4.93. The van der Waals surface area contributed by atoms with Crippen molar-refractivity contribution in [2.45, 2.75) is 20.0 Å². The third kappa shape index (κ3) is 6.23. The molecule has 3 rings (SSSR count). The number of hydrogen-bond donors (Lipinski definition) is 5. The van der Waals surface area contributed by atoms with Crippen molar-refractivity contribution < 1.29 is 18.0 Å². The highest BCUT2D eigenvalue weighted by Crippen LogP contribution is 2.37. The third-order valence-corrected chi connectivity index (χ3v) is 4.93. The lowest BCUT2D eigenvalue weighted by Crippen LogP contribution is -2.14. The summed E-state index contributed by atoms with van der Waals surface area (Å²) in [7, 11) is 0. The normalized spacial score (nSPS) is 11.2. The zero-order valence-corrected chi connectivity index (χ0v) is 19.4. The van der Waals surface area contributed by atoms with Gasteiger partial charge in [-0.3, -0.25) is 10.2 Å². The van der Waals surface area contributed by atoms with E-state index >= 15 is 0 Å². The first-order chi connectivity index (χ1) is 17.0. The van der Waals surface area contributed by atoms with Crippen LogP contribution in [-0.2, 0) is 11.0 Å². The van der Waals surface area contributed by atoms with E-state index in [4.69, 9.17) is 11.1 Å². The summed E-state index contributed by atoms with van der Waals surface area (Å²) in [6.07, 6.45) is -2.05. The Morgan fingerprint density at radius 2 is 1.86 bits per heavy atom. The van der Waals surface area contributed by atoms with Crippen molar-refractivity contribution in [3.8, 4) is 0 Å². The summed E-state index contributed by atoms with van der Waals surface area (Å²) in [5, 5.41) is 16.0. The fourth-order valence-electron chi connectivity index (χ4n) is 3.10. The smallest absolute Gasteiger partial charge is 0.390 e. The van der Waals surface area contributed by atoms with Crippen LogP contribution in [0.5, 0.6) is 0 Å². The summed E-state index contributed by atoms with van der Waals surface area (Å²) in [6, 6.07) is 9.76. The maximum Gasteiger partial charge on any atom is 0.421 e. The Balaban J connectivity index is 2.02. The number of carbonyl (C=O) groups excluding carboxylic acids is 1. The number of nitrogens with zero attached hydrogens (tertiary/aromatic N) is 3. The van der Waals surface area contributed by atoms with Gasteiger partial charge >= 0.3 is 6.18 Å². The first-order valence-electron chi connectivity index (χ1n) is 10.5. The van der Waals surface area contributed by atoms with E-state index in [1.54, 1.807) is 44.2 Å². The average molecular weight is 496 g/mol. The lowest BCUT2D eigenvalue weighted by molar-refractivity contribution is -0.137. The zero-order chi connectivity index (χ0) is 26.5. The molecule has 0 aliphatic carbocycles. The van der Waals surface area contributed by atoms with E-state index < -0.39 is 23.5 Å². The number of amidine groups is 1. The minimum Gasteiger partial charge on any atom is -0.390 e. The van der Waals surface area contributed by atoms with Crippen LogP contribution in [0.4, 0.5) is 42.0 Å². The van der Waals surface area contributed by atoms with Gasteiger partial charge in [-0.1, -0.05) is 24.8 Å². The number of hydrogen-bond acceptors (Lipinski definition) is 6. The molecule has 0 spiro atoms. The van der Waals surface area contributed by atoms with Crippen LogP contribution in [0.3, 0.4) is 0 Å². The molecule has 1 amide bonds. The number of anilines is 5. The van der Waals surface area contributed by atoms with Gasteiger partial charge < -0.3 is 21.7 Å². The van der Waals surface area contributed by atoms with E-state index in [1.807, 2.05) is 0 Å². The van der Waals surface area contributed by atoms with Crippen LogP contribution in [0.15, 0.2) is 60.2 Å². The van der Waals surface area contributed by atoms with Gasteiger partial charge in [0.05, 0.1) is 17.7 Å². The molecule has 0 radical (unpaired) electrons. The van der Waals surface area contributed by atoms with Crippen LogP contribution < -0.4 is 21.7 Å². The molecular weight excluding hydrogens is 473 g/mol. The van der Waals surface area contributed by atoms with Crippen LogP contribution in [0.25, 0.3) is 0 Å². The molecule has 0 saturated heterocycles. The SMILES string of the molecule is C=CC(=O)Nc1cc(C)ccc1Nc1nc(Nc2cc(C(=N)/N=C\N)ccc2C)ncc1C(F)(F)F. The van der Waals surface area contributed by atoms with Crippen molar-refractivity contribution in [3.05, 3.63) is 77.5 Å². The number of nitrogens with two attached hydrogens (primary N) is 1. The molecule has 0 aliphatic heterocycles. The number of nitrogens with one attached hydrogen (secondary N) is 4. The highest BCUT2D eigenvalue weighted by molar-refractivity contribution is 6.02. The number of alkyl halides is 3. The minimum absolute atomic E-state index is 0.0929. The highest BCUT2D eigenvalue weighted by Gasteiger charge is 2.35. The molecule has 0 unspecified atom stereocenters. The van der Waals surface area contributed by atoms with Crippen molar-refractivity contribution in [1.29, 1.82) is 5.41 Å². The first-order valence-corrected chi connectivity index (χ1v) is 10.5. The lowest BCUT2D eigenvalue weighted by atomic mass is 10.1. The summed E-state index contributed by atoms with van der Waals surface area (Å²) in [6.45, 7) is 6.93. The fraction of sp³-hybridized carbons (Fsp3) is 0.125. The summed E-state index contributed by atoms with van der Waals surface area (Å²) in [5.41, 5.74) is 6.99. The zero-order valence-electron chi connectivity index (χ0n) is 19.4. The summed E-state index contributed by atoms with van der Waals surface area (Å²) >= 11 is 0. The number of benzene rings is 2. The van der Waals surface area contributed by atoms with E-state index in [-0.39, 0.29) is 23.2 Å². The molecule has 186 valence electrons. The fourth-order valence-corrected chi connectivity index (χ4v) is 3.10. The van der Waals surface area contributed by atoms with Crippen molar-refractivity contribution in [3.63, 3.8) is 0 Å². The van der Waals surface area contributed by atoms with Crippen LogP contribution in [0, 0.1) is 19.3 Å². The number of rotatable bonds is 7. The van der Waals surface area contributed by atoms with E-state index in [0.29, 0.717) is 17.4 Å². The number of aliphatic imine (C=N–C) groups is 1. The second kappa shape index (κ2) is 10.7. The van der Waals surface area contributed by atoms with Crippen LogP contribution in [0.1, 0.15) is 22.3 Å². The predicted molar refractivity (Wildman–Crippen MR) is 134 cm³/mol. The summed E-state index contributed by atoms with van der Waals surface area (Å²) in [4.78, 5) is 23.4. The summed E-state index contributed by atoms with van der Waals surface area (Å²) in [5.74, 6) is -1.26. The van der Waals surface area contributed by atoms with Crippen molar-refractivity contribution in [2.24, 2.45) is 10.7 Å². The number of carbonyl (C=O) groups is 1. The molecule has 0 aliphatic rings. The largest absolute Gasteiger partial charge is 0.421 e. The Kier molecular flexibility index (Phi) is 7.67. The van der Waals surface area contributed by atoms with E-state index in [2.05, 4.69) is 37.5 Å². The quantitative estimate of drug-likeness (QED) is 0.176. The van der Waals surface area contributed by atoms with Gasteiger partial charge in [-0.2, -0.15) is 18.2 Å². The molecule has 3 aromatic rings. The lowest BCUT2D eigenvalue weighted by Gasteiger charge is -2.18. The van der Waals surface area contributed by atoms with Gasteiger partial charge in [0, 0.05) is 17.4 Å². The Bertz CT molecular complexity index is 1350. The molecule has 0 bridgehead atoms. The predicted octanol–water partition coefficient (Wildman–Crippen LogP) is 5.04. The van der Waals surface area contributed by atoms with E-state index in [1.165, 1.54) is 6.07 Å². The Morgan fingerprint density at radius 3 is 2.53 bits per heavy atom. The monoisotopic (exact) mass is 496 g/mol. The second-order valence-electron chi connectivity index (χ2n) is 7.60. The second-order valence-corrected chi connectivity index (χ2v) is 7.60.